The van der Waals surface area contributed by atoms with Gasteiger partial charge in [-0.1, -0.05) is 29.8 Å². The van der Waals surface area contributed by atoms with Gasteiger partial charge in [0.1, 0.15) is 18.1 Å². The zero-order chi connectivity index (χ0) is 18.2. The quantitative estimate of drug-likeness (QED) is 0.476. The Balaban J connectivity index is 1.58. The fourth-order valence-electron chi connectivity index (χ4n) is 2.37. The molecule has 3 rings (SSSR count). The van der Waals surface area contributed by atoms with Crippen molar-refractivity contribution in [3.8, 4) is 11.5 Å². The predicted octanol–water partition coefficient (Wildman–Crippen LogP) is 6.07. The van der Waals surface area contributed by atoms with Crippen LogP contribution in [-0.4, -0.2) is 12.8 Å². The van der Waals surface area contributed by atoms with Gasteiger partial charge < -0.3 is 9.47 Å². The summed E-state index contributed by atoms with van der Waals surface area (Å²) < 4.78 is 11.2. The molecule has 26 heavy (non-hydrogen) atoms. The third-order valence-electron chi connectivity index (χ3n) is 3.74. The Kier molecular flexibility index (Phi) is 6.29. The van der Waals surface area contributed by atoms with Crippen LogP contribution in [0.4, 0.5) is 5.69 Å². The smallest absolute Gasteiger partial charge is 0.119 e. The molecule has 0 radical (unpaired) electrons. The molecule has 0 spiro atoms. The van der Waals surface area contributed by atoms with E-state index in [0.717, 1.165) is 28.3 Å². The van der Waals surface area contributed by atoms with Crippen molar-refractivity contribution in [2.45, 2.75) is 13.5 Å². The lowest BCUT2D eigenvalue weighted by molar-refractivity contribution is 0.306. The van der Waals surface area contributed by atoms with Gasteiger partial charge in [-0.3, -0.25) is 4.99 Å². The molecule has 3 aromatic carbocycles. The summed E-state index contributed by atoms with van der Waals surface area (Å²) in [6, 6.07) is 23.2. The molecule has 4 heteroatoms. The first-order valence-corrected chi connectivity index (χ1v) is 8.85. The van der Waals surface area contributed by atoms with Crippen LogP contribution in [0.15, 0.2) is 77.8 Å². The highest BCUT2D eigenvalue weighted by atomic mass is 35.5. The van der Waals surface area contributed by atoms with Gasteiger partial charge in [0.15, 0.2) is 0 Å². The van der Waals surface area contributed by atoms with Gasteiger partial charge in [0, 0.05) is 16.8 Å². The Bertz CT molecular complexity index is 858. The Morgan fingerprint density at radius 3 is 2.19 bits per heavy atom. The maximum Gasteiger partial charge on any atom is 0.119 e. The Hall–Kier alpha value is -2.78. The summed E-state index contributed by atoms with van der Waals surface area (Å²) in [6.45, 7) is 3.07. The van der Waals surface area contributed by atoms with Crippen LogP contribution in [0.25, 0.3) is 0 Å². The fourth-order valence-corrected chi connectivity index (χ4v) is 2.56. The van der Waals surface area contributed by atoms with Crippen LogP contribution in [-0.2, 0) is 6.61 Å². The van der Waals surface area contributed by atoms with Crippen molar-refractivity contribution < 1.29 is 9.47 Å². The summed E-state index contributed by atoms with van der Waals surface area (Å²) in [4.78, 5) is 4.47. The Morgan fingerprint density at radius 2 is 1.50 bits per heavy atom. The number of benzene rings is 3. The van der Waals surface area contributed by atoms with E-state index < -0.39 is 0 Å². The molecular formula is C22H20ClNO2. The first kappa shape index (κ1) is 18.0. The summed E-state index contributed by atoms with van der Waals surface area (Å²) in [5.41, 5.74) is 2.85. The summed E-state index contributed by atoms with van der Waals surface area (Å²) in [5.74, 6) is 1.65. The Morgan fingerprint density at radius 1 is 0.846 bits per heavy atom. The molecule has 0 aliphatic carbocycles. The average molecular weight is 366 g/mol. The second-order valence-corrected chi connectivity index (χ2v) is 6.04. The van der Waals surface area contributed by atoms with Crippen LogP contribution >= 0.6 is 11.6 Å². The van der Waals surface area contributed by atoms with Crippen LogP contribution in [0.1, 0.15) is 18.1 Å². The molecule has 0 aromatic heterocycles. The zero-order valence-electron chi connectivity index (χ0n) is 14.6. The standard InChI is InChI=1S/C22H20ClNO2/c1-2-25-20-13-9-19(10-14-20)24-15-17-7-11-21(12-8-17)26-16-18-5-3-4-6-22(18)23/h3-15H,2,16H2,1H3. The third-order valence-corrected chi connectivity index (χ3v) is 4.11. The van der Waals surface area contributed by atoms with Gasteiger partial charge in [-0.2, -0.15) is 0 Å². The largest absolute Gasteiger partial charge is 0.494 e. The van der Waals surface area contributed by atoms with Gasteiger partial charge in [-0.05, 0) is 67.1 Å². The molecule has 0 saturated heterocycles. The van der Waals surface area contributed by atoms with Crippen molar-refractivity contribution in [1.82, 2.24) is 0 Å². The molecule has 0 N–H and O–H groups in total. The monoisotopic (exact) mass is 365 g/mol. The zero-order valence-corrected chi connectivity index (χ0v) is 15.3. The van der Waals surface area contributed by atoms with Gasteiger partial charge in [0.05, 0.1) is 12.3 Å². The highest BCUT2D eigenvalue weighted by Crippen LogP contribution is 2.20. The molecule has 3 nitrogen and oxygen atoms in total. The second kappa shape index (κ2) is 9.07. The molecular weight excluding hydrogens is 346 g/mol. The molecule has 3 aromatic rings. The van der Waals surface area contributed by atoms with Crippen molar-refractivity contribution in [1.29, 1.82) is 0 Å². The summed E-state index contributed by atoms with van der Waals surface area (Å²) in [6.07, 6.45) is 1.83. The fraction of sp³-hybridized carbons (Fsp3) is 0.136. The van der Waals surface area contributed by atoms with Crippen LogP contribution in [0, 0.1) is 0 Å². The van der Waals surface area contributed by atoms with E-state index in [9.17, 15) is 0 Å². The normalized spacial score (nSPS) is 10.8. The molecule has 0 saturated carbocycles. The predicted molar refractivity (Wildman–Crippen MR) is 107 cm³/mol. The maximum absolute atomic E-state index is 6.14. The van der Waals surface area contributed by atoms with Crippen LogP contribution in [0.3, 0.4) is 0 Å². The second-order valence-electron chi connectivity index (χ2n) is 5.63. The van der Waals surface area contributed by atoms with Crippen molar-refractivity contribution >= 4 is 23.5 Å². The molecule has 0 fully saturated rings. The van der Waals surface area contributed by atoms with Crippen molar-refractivity contribution in [2.24, 2.45) is 4.99 Å². The minimum atomic E-state index is 0.444. The molecule has 0 atom stereocenters. The van der Waals surface area contributed by atoms with Crippen LogP contribution in [0.2, 0.25) is 5.02 Å². The first-order chi connectivity index (χ1) is 12.7. The molecule has 0 aliphatic rings. The molecule has 0 bridgehead atoms. The van der Waals surface area contributed by atoms with Crippen molar-refractivity contribution in [2.75, 3.05) is 6.61 Å². The Labute approximate surface area is 158 Å². The minimum absolute atomic E-state index is 0.444. The van der Waals surface area contributed by atoms with E-state index in [1.807, 2.05) is 85.9 Å². The first-order valence-electron chi connectivity index (χ1n) is 8.48. The lowest BCUT2D eigenvalue weighted by atomic mass is 10.2. The van der Waals surface area contributed by atoms with Gasteiger partial charge >= 0.3 is 0 Å². The molecule has 0 aliphatic heterocycles. The van der Waals surface area contributed by atoms with Crippen molar-refractivity contribution in [3.63, 3.8) is 0 Å². The molecule has 0 heterocycles. The van der Waals surface area contributed by atoms with Crippen molar-refractivity contribution in [3.05, 3.63) is 88.9 Å². The molecule has 132 valence electrons. The lowest BCUT2D eigenvalue weighted by Gasteiger charge is -2.07. The number of hydrogen-bond acceptors (Lipinski definition) is 3. The van der Waals surface area contributed by atoms with Gasteiger partial charge in [0.25, 0.3) is 0 Å². The molecule has 0 amide bonds. The van der Waals surface area contributed by atoms with E-state index in [4.69, 9.17) is 21.1 Å². The number of rotatable bonds is 7. The summed E-state index contributed by atoms with van der Waals surface area (Å²) >= 11 is 6.14. The van der Waals surface area contributed by atoms with E-state index in [2.05, 4.69) is 4.99 Å². The highest BCUT2D eigenvalue weighted by molar-refractivity contribution is 6.31. The van der Waals surface area contributed by atoms with Crippen LogP contribution in [0.5, 0.6) is 11.5 Å². The highest BCUT2D eigenvalue weighted by Gasteiger charge is 2.00. The topological polar surface area (TPSA) is 30.8 Å². The number of ether oxygens (including phenoxy) is 2. The SMILES string of the molecule is CCOc1ccc(N=Cc2ccc(OCc3ccccc3Cl)cc2)cc1. The minimum Gasteiger partial charge on any atom is -0.494 e. The number of halogens is 1. The van der Waals surface area contributed by atoms with E-state index in [0.29, 0.717) is 18.2 Å². The molecule has 0 unspecified atom stereocenters. The van der Waals surface area contributed by atoms with Gasteiger partial charge in [-0.25, -0.2) is 0 Å². The third kappa shape index (κ3) is 5.11. The van der Waals surface area contributed by atoms with E-state index in [1.54, 1.807) is 0 Å². The van der Waals surface area contributed by atoms with E-state index >= 15 is 0 Å². The van der Waals surface area contributed by atoms with Crippen LogP contribution < -0.4 is 9.47 Å². The number of nitrogens with zero attached hydrogens (tertiary/aromatic N) is 1. The van der Waals surface area contributed by atoms with E-state index in [-0.39, 0.29) is 0 Å². The summed E-state index contributed by atoms with van der Waals surface area (Å²) in [5, 5.41) is 0.714. The average Bonchev–Trinajstić information content (AvgIpc) is 2.68. The lowest BCUT2D eigenvalue weighted by Crippen LogP contribution is -1.96. The maximum atomic E-state index is 6.14. The summed E-state index contributed by atoms with van der Waals surface area (Å²) in [7, 11) is 0. The number of hydrogen-bond donors (Lipinski definition) is 0. The van der Waals surface area contributed by atoms with E-state index in [1.165, 1.54) is 0 Å². The van der Waals surface area contributed by atoms with Gasteiger partial charge in [-0.15, -0.1) is 0 Å². The number of aliphatic imine (C=N–C) groups is 1. The van der Waals surface area contributed by atoms with Gasteiger partial charge in [0.2, 0.25) is 0 Å².